The number of nitrogens with one attached hydrogen (secondary N) is 2. The Balaban J connectivity index is 1.66. The Kier molecular flexibility index (Phi) is 5.18. The molecule has 0 saturated heterocycles. The van der Waals surface area contributed by atoms with Crippen LogP contribution in [0.25, 0.3) is 11.3 Å². The van der Waals surface area contributed by atoms with Crippen LogP contribution in [0.1, 0.15) is 16.1 Å². The predicted molar refractivity (Wildman–Crippen MR) is 99.9 cm³/mol. The van der Waals surface area contributed by atoms with Crippen molar-refractivity contribution in [1.29, 1.82) is 0 Å². The summed E-state index contributed by atoms with van der Waals surface area (Å²) in [4.78, 5) is 22.3. The van der Waals surface area contributed by atoms with Gasteiger partial charge in [0.25, 0.3) is 11.6 Å². The molecular weight excluding hydrogens is 402 g/mol. The molecule has 0 aliphatic carbocycles. The van der Waals surface area contributed by atoms with E-state index < -0.39 is 10.8 Å². The van der Waals surface area contributed by atoms with Crippen LogP contribution in [-0.4, -0.2) is 27.2 Å². The van der Waals surface area contributed by atoms with Crippen LogP contribution < -0.4 is 5.43 Å². The minimum atomic E-state index is -0.496. The molecule has 3 aromatic rings. The number of H-pyrrole nitrogens is 1. The number of aromatic nitrogens is 2. The van der Waals surface area contributed by atoms with Crippen LogP contribution in [0, 0.1) is 10.1 Å². The monoisotopic (exact) mass is 413 g/mol. The minimum absolute atomic E-state index is 0.0482. The van der Waals surface area contributed by atoms with Crippen molar-refractivity contribution in [2.24, 2.45) is 5.10 Å². The molecule has 2 aromatic carbocycles. The maximum atomic E-state index is 12.1. The van der Waals surface area contributed by atoms with Crippen molar-refractivity contribution in [3.8, 4) is 11.3 Å². The fourth-order valence-corrected chi connectivity index (χ4v) is 2.42. The largest absolute Gasteiger partial charge is 0.289 e. The molecular formula is C17H12BrN5O3. The van der Waals surface area contributed by atoms with E-state index in [9.17, 15) is 14.9 Å². The number of nitrogens with zero attached hydrogens (tertiary/aromatic N) is 3. The molecule has 0 aliphatic heterocycles. The van der Waals surface area contributed by atoms with E-state index in [0.29, 0.717) is 11.3 Å². The molecule has 0 aliphatic rings. The quantitative estimate of drug-likeness (QED) is 0.378. The average Bonchev–Trinajstić information content (AvgIpc) is 3.13. The number of rotatable bonds is 5. The fourth-order valence-electron chi connectivity index (χ4n) is 2.15. The first-order valence-electron chi connectivity index (χ1n) is 7.42. The number of amides is 1. The highest BCUT2D eigenvalue weighted by atomic mass is 79.9. The van der Waals surface area contributed by atoms with Crippen molar-refractivity contribution in [2.45, 2.75) is 0 Å². The zero-order chi connectivity index (χ0) is 18.5. The molecule has 0 unspecified atom stereocenters. The van der Waals surface area contributed by atoms with E-state index in [1.54, 1.807) is 18.2 Å². The first-order chi connectivity index (χ1) is 12.5. The van der Waals surface area contributed by atoms with Crippen molar-refractivity contribution in [1.82, 2.24) is 15.6 Å². The standard InChI is InChI=1S/C17H12BrN5O3/c18-13-6-4-12(5-7-13)15-9-16(21-20-15)17(24)22-19-10-11-2-1-3-14(8-11)23(25)26/h1-10H,(H,20,21)(H,22,24). The number of hydrogen-bond acceptors (Lipinski definition) is 5. The summed E-state index contributed by atoms with van der Waals surface area (Å²) >= 11 is 3.36. The van der Waals surface area contributed by atoms with Gasteiger partial charge in [0, 0.05) is 27.7 Å². The van der Waals surface area contributed by atoms with Crippen molar-refractivity contribution in [2.75, 3.05) is 0 Å². The molecule has 3 rings (SSSR count). The van der Waals surface area contributed by atoms with Crippen molar-refractivity contribution in [3.05, 3.63) is 80.4 Å². The third-order valence-electron chi connectivity index (χ3n) is 3.42. The normalized spacial score (nSPS) is 10.8. The summed E-state index contributed by atoms with van der Waals surface area (Å²) in [6, 6.07) is 15.1. The minimum Gasteiger partial charge on any atom is -0.272 e. The molecule has 2 N–H and O–H groups in total. The number of benzene rings is 2. The number of non-ortho nitro benzene ring substituents is 1. The van der Waals surface area contributed by atoms with E-state index in [4.69, 9.17) is 0 Å². The summed E-state index contributed by atoms with van der Waals surface area (Å²) in [5.41, 5.74) is 4.55. The van der Waals surface area contributed by atoms with Crippen molar-refractivity contribution in [3.63, 3.8) is 0 Å². The smallest absolute Gasteiger partial charge is 0.272 e. The van der Waals surface area contributed by atoms with Gasteiger partial charge < -0.3 is 0 Å². The molecule has 0 radical (unpaired) electrons. The lowest BCUT2D eigenvalue weighted by Crippen LogP contribution is -2.18. The molecule has 9 heteroatoms. The summed E-state index contributed by atoms with van der Waals surface area (Å²) in [6.45, 7) is 0. The van der Waals surface area contributed by atoms with Crippen molar-refractivity contribution >= 4 is 33.7 Å². The van der Waals surface area contributed by atoms with Gasteiger partial charge in [0.2, 0.25) is 0 Å². The summed E-state index contributed by atoms with van der Waals surface area (Å²) < 4.78 is 0.949. The number of nitro benzene ring substituents is 1. The Morgan fingerprint density at radius 2 is 2.00 bits per heavy atom. The van der Waals surface area contributed by atoms with Crippen LogP contribution in [0.15, 0.2) is 64.2 Å². The SMILES string of the molecule is O=C(NN=Cc1cccc([N+](=O)[O-])c1)c1cc(-c2ccc(Br)cc2)n[nH]1. The first kappa shape index (κ1) is 17.5. The lowest BCUT2D eigenvalue weighted by Gasteiger charge is -1.97. The Hall–Kier alpha value is -3.33. The van der Waals surface area contributed by atoms with Crippen LogP contribution in [-0.2, 0) is 0 Å². The second-order valence-corrected chi connectivity index (χ2v) is 6.14. The molecule has 26 heavy (non-hydrogen) atoms. The third kappa shape index (κ3) is 4.19. The lowest BCUT2D eigenvalue weighted by molar-refractivity contribution is -0.384. The van der Waals surface area contributed by atoms with Gasteiger partial charge in [0.05, 0.1) is 16.8 Å². The maximum absolute atomic E-state index is 12.1. The number of carbonyl (C=O) groups is 1. The van der Waals surface area contributed by atoms with Gasteiger partial charge in [-0.1, -0.05) is 40.2 Å². The van der Waals surface area contributed by atoms with Gasteiger partial charge in [-0.15, -0.1) is 0 Å². The van der Waals surface area contributed by atoms with E-state index in [-0.39, 0.29) is 11.4 Å². The van der Waals surface area contributed by atoms with Crippen LogP contribution in [0.4, 0.5) is 5.69 Å². The third-order valence-corrected chi connectivity index (χ3v) is 3.95. The summed E-state index contributed by atoms with van der Waals surface area (Å²) in [5.74, 6) is -0.470. The lowest BCUT2D eigenvalue weighted by atomic mass is 10.1. The molecule has 0 spiro atoms. The highest BCUT2D eigenvalue weighted by Crippen LogP contribution is 2.20. The fraction of sp³-hybridized carbons (Fsp3) is 0. The molecule has 0 atom stereocenters. The molecule has 0 saturated carbocycles. The Morgan fingerprint density at radius 1 is 1.23 bits per heavy atom. The van der Waals surface area contributed by atoms with Gasteiger partial charge in [-0.05, 0) is 18.2 Å². The average molecular weight is 414 g/mol. The number of hydrogen-bond donors (Lipinski definition) is 2. The highest BCUT2D eigenvalue weighted by Gasteiger charge is 2.10. The van der Waals surface area contributed by atoms with Gasteiger partial charge in [-0.2, -0.15) is 10.2 Å². The van der Waals surface area contributed by atoms with Gasteiger partial charge in [0.1, 0.15) is 5.69 Å². The van der Waals surface area contributed by atoms with Crippen LogP contribution >= 0.6 is 15.9 Å². The maximum Gasteiger partial charge on any atom is 0.289 e. The summed E-state index contributed by atoms with van der Waals surface area (Å²) in [7, 11) is 0. The number of aromatic amines is 1. The molecule has 1 heterocycles. The second-order valence-electron chi connectivity index (χ2n) is 5.22. The van der Waals surface area contributed by atoms with Crippen molar-refractivity contribution < 1.29 is 9.72 Å². The van der Waals surface area contributed by atoms with E-state index in [1.807, 2.05) is 24.3 Å². The molecule has 8 nitrogen and oxygen atoms in total. The van der Waals surface area contributed by atoms with Gasteiger partial charge in [-0.25, -0.2) is 5.43 Å². The molecule has 0 fully saturated rings. The van der Waals surface area contributed by atoms with Gasteiger partial charge in [0.15, 0.2) is 0 Å². The number of nitro groups is 1. The highest BCUT2D eigenvalue weighted by molar-refractivity contribution is 9.10. The summed E-state index contributed by atoms with van der Waals surface area (Å²) in [5, 5.41) is 21.3. The predicted octanol–water partition coefficient (Wildman–Crippen LogP) is 3.51. The number of halogens is 1. The zero-order valence-corrected chi connectivity index (χ0v) is 14.8. The molecule has 1 aromatic heterocycles. The van der Waals surface area contributed by atoms with Crippen LogP contribution in [0.3, 0.4) is 0 Å². The Bertz CT molecular complexity index is 982. The van der Waals surface area contributed by atoms with Gasteiger partial charge in [-0.3, -0.25) is 20.0 Å². The number of carbonyl (C=O) groups excluding carboxylic acids is 1. The topological polar surface area (TPSA) is 113 Å². The van der Waals surface area contributed by atoms with Crippen LogP contribution in [0.2, 0.25) is 0 Å². The van der Waals surface area contributed by atoms with E-state index in [0.717, 1.165) is 10.0 Å². The second kappa shape index (κ2) is 7.70. The summed E-state index contributed by atoms with van der Waals surface area (Å²) in [6.07, 6.45) is 1.33. The Morgan fingerprint density at radius 3 is 2.73 bits per heavy atom. The van der Waals surface area contributed by atoms with E-state index in [2.05, 4.69) is 36.7 Å². The van der Waals surface area contributed by atoms with Crippen LogP contribution in [0.5, 0.6) is 0 Å². The Labute approximate surface area is 156 Å². The molecule has 0 bridgehead atoms. The van der Waals surface area contributed by atoms with E-state index >= 15 is 0 Å². The molecule has 1 amide bonds. The number of hydrazone groups is 1. The molecule has 130 valence electrons. The first-order valence-corrected chi connectivity index (χ1v) is 8.21. The van der Waals surface area contributed by atoms with E-state index in [1.165, 1.54) is 18.3 Å². The van der Waals surface area contributed by atoms with Gasteiger partial charge >= 0.3 is 0 Å². The zero-order valence-electron chi connectivity index (χ0n) is 13.2.